The van der Waals surface area contributed by atoms with Crippen LogP contribution in [-0.2, 0) is 6.42 Å². The van der Waals surface area contributed by atoms with Gasteiger partial charge in [0.25, 0.3) is 5.91 Å². The summed E-state index contributed by atoms with van der Waals surface area (Å²) in [5.41, 5.74) is 5.12. The van der Waals surface area contributed by atoms with E-state index in [1.807, 2.05) is 19.1 Å². The molecule has 3 aromatic carbocycles. The molecule has 33 heavy (non-hydrogen) atoms. The van der Waals surface area contributed by atoms with Crippen molar-refractivity contribution in [3.05, 3.63) is 105 Å². The van der Waals surface area contributed by atoms with E-state index in [2.05, 4.69) is 39.6 Å². The van der Waals surface area contributed by atoms with Crippen LogP contribution in [0.4, 0.5) is 0 Å². The Morgan fingerprint density at radius 2 is 1.58 bits per heavy atom. The van der Waals surface area contributed by atoms with E-state index in [1.165, 1.54) is 5.56 Å². The normalized spacial score (nSPS) is 10.8. The van der Waals surface area contributed by atoms with Crippen molar-refractivity contribution in [2.45, 2.75) is 13.3 Å². The fraction of sp³-hybridized carbons (Fsp3) is 0.115. The second kappa shape index (κ2) is 10.3. The Labute approximate surface area is 207 Å². The lowest BCUT2D eigenvalue weighted by molar-refractivity contribution is 0.0944. The number of carbonyl (C=O) groups excluding carboxylic acids is 1. The smallest absolute Gasteiger partial charge is 0.289 e. The summed E-state index contributed by atoms with van der Waals surface area (Å²) in [6, 6.07) is 20.7. The monoisotopic (exact) mass is 495 g/mol. The van der Waals surface area contributed by atoms with E-state index >= 15 is 0 Å². The number of benzene rings is 3. The fourth-order valence-electron chi connectivity index (χ4n) is 3.37. The molecule has 0 bridgehead atoms. The van der Waals surface area contributed by atoms with E-state index in [4.69, 9.17) is 34.8 Å². The van der Waals surface area contributed by atoms with Crippen LogP contribution >= 0.6 is 34.8 Å². The number of aryl methyl sites for hydroxylation is 1. The maximum atomic E-state index is 12.8. The van der Waals surface area contributed by atoms with Crippen molar-refractivity contribution in [2.24, 2.45) is 0 Å². The fourth-order valence-corrected chi connectivity index (χ4v) is 4.00. The second-order valence-corrected chi connectivity index (χ2v) is 8.86. The molecule has 4 nitrogen and oxygen atoms in total. The van der Waals surface area contributed by atoms with Gasteiger partial charge in [-0.1, -0.05) is 76.8 Å². The van der Waals surface area contributed by atoms with Crippen LogP contribution in [-0.4, -0.2) is 22.4 Å². The number of halogens is 3. The first-order chi connectivity index (χ1) is 15.9. The number of carbonyl (C=O) groups is 1. The lowest BCUT2D eigenvalue weighted by Gasteiger charge is -2.13. The minimum absolute atomic E-state index is 0.0673. The predicted molar refractivity (Wildman–Crippen MR) is 135 cm³/mol. The quantitative estimate of drug-likeness (QED) is 0.311. The highest BCUT2D eigenvalue weighted by Crippen LogP contribution is 2.36. The Kier molecular flexibility index (Phi) is 7.29. The lowest BCUT2D eigenvalue weighted by atomic mass is 10.0. The number of nitrogens with one attached hydrogen (secondary N) is 1. The topological polar surface area (TPSA) is 54.9 Å². The zero-order valence-electron chi connectivity index (χ0n) is 17.8. The number of hydrogen-bond acceptors (Lipinski definition) is 3. The standard InChI is InChI=1S/C26H20Cl3N3O/c1-16-2-4-17(5-3-16)12-13-30-26(33)25-31-15-22(18-6-8-19(27)9-7-18)24(32-25)21-11-10-20(28)14-23(21)29/h2-11,14-15H,12-13H2,1H3,(H,30,33). The maximum absolute atomic E-state index is 12.8. The zero-order chi connectivity index (χ0) is 23.4. The Morgan fingerprint density at radius 1 is 0.879 bits per heavy atom. The molecule has 1 heterocycles. The van der Waals surface area contributed by atoms with Gasteiger partial charge in [-0.25, -0.2) is 9.97 Å². The molecular weight excluding hydrogens is 477 g/mol. The van der Waals surface area contributed by atoms with Gasteiger partial charge in [-0.3, -0.25) is 4.79 Å². The third-order valence-corrected chi connectivity index (χ3v) is 5.95. The molecule has 0 fully saturated rings. The molecule has 1 aromatic heterocycles. The van der Waals surface area contributed by atoms with E-state index < -0.39 is 0 Å². The van der Waals surface area contributed by atoms with Crippen LogP contribution in [0, 0.1) is 6.92 Å². The third kappa shape index (κ3) is 5.72. The minimum atomic E-state index is -0.351. The third-order valence-electron chi connectivity index (χ3n) is 5.15. The molecule has 0 aliphatic rings. The molecule has 4 aromatic rings. The molecule has 0 saturated heterocycles. The highest BCUT2D eigenvalue weighted by molar-refractivity contribution is 6.36. The largest absolute Gasteiger partial charge is 0.349 e. The number of nitrogens with zero attached hydrogens (tertiary/aromatic N) is 2. The van der Waals surface area contributed by atoms with Gasteiger partial charge in [-0.05, 0) is 54.8 Å². The van der Waals surface area contributed by atoms with E-state index in [0.717, 1.165) is 16.7 Å². The molecular formula is C26H20Cl3N3O. The average Bonchev–Trinajstić information content (AvgIpc) is 2.80. The summed E-state index contributed by atoms with van der Waals surface area (Å²) >= 11 is 18.6. The molecule has 0 spiro atoms. The summed E-state index contributed by atoms with van der Waals surface area (Å²) in [5, 5.41) is 4.46. The molecule has 0 aliphatic carbocycles. The van der Waals surface area contributed by atoms with Gasteiger partial charge in [0.1, 0.15) is 0 Å². The summed E-state index contributed by atoms with van der Waals surface area (Å²) < 4.78 is 0. The van der Waals surface area contributed by atoms with Crippen LogP contribution < -0.4 is 5.32 Å². The summed E-state index contributed by atoms with van der Waals surface area (Å²) in [5.74, 6) is -0.284. The van der Waals surface area contributed by atoms with E-state index in [1.54, 1.807) is 36.5 Å². The van der Waals surface area contributed by atoms with Gasteiger partial charge in [-0.2, -0.15) is 0 Å². The highest BCUT2D eigenvalue weighted by Gasteiger charge is 2.18. The van der Waals surface area contributed by atoms with Crippen molar-refractivity contribution >= 4 is 40.7 Å². The number of aromatic nitrogens is 2. The van der Waals surface area contributed by atoms with Crippen molar-refractivity contribution in [2.75, 3.05) is 6.54 Å². The van der Waals surface area contributed by atoms with Crippen LogP contribution in [0.1, 0.15) is 21.7 Å². The van der Waals surface area contributed by atoms with Crippen molar-refractivity contribution in [1.29, 1.82) is 0 Å². The van der Waals surface area contributed by atoms with Crippen molar-refractivity contribution in [1.82, 2.24) is 15.3 Å². The molecule has 0 saturated carbocycles. The molecule has 0 radical (unpaired) electrons. The maximum Gasteiger partial charge on any atom is 0.289 e. The molecule has 166 valence electrons. The molecule has 4 rings (SSSR count). The van der Waals surface area contributed by atoms with E-state index in [9.17, 15) is 4.79 Å². The van der Waals surface area contributed by atoms with Gasteiger partial charge in [-0.15, -0.1) is 0 Å². The SMILES string of the molecule is Cc1ccc(CCNC(=O)c2ncc(-c3ccc(Cl)cc3)c(-c3ccc(Cl)cc3Cl)n2)cc1. The summed E-state index contributed by atoms with van der Waals surface area (Å²) in [7, 11) is 0. The van der Waals surface area contributed by atoms with E-state index in [0.29, 0.717) is 39.3 Å². The van der Waals surface area contributed by atoms with Gasteiger partial charge in [0.15, 0.2) is 0 Å². The van der Waals surface area contributed by atoms with Gasteiger partial charge >= 0.3 is 0 Å². The molecule has 0 aliphatic heterocycles. The van der Waals surface area contributed by atoms with Gasteiger partial charge in [0.05, 0.1) is 10.7 Å². The predicted octanol–water partition coefficient (Wildman–Crippen LogP) is 7.05. The number of amides is 1. The van der Waals surface area contributed by atoms with Crippen molar-refractivity contribution in [3.8, 4) is 22.4 Å². The first-order valence-corrected chi connectivity index (χ1v) is 11.5. The van der Waals surface area contributed by atoms with E-state index in [-0.39, 0.29) is 11.7 Å². The summed E-state index contributed by atoms with van der Waals surface area (Å²) in [6.45, 7) is 2.52. The average molecular weight is 497 g/mol. The van der Waals surface area contributed by atoms with Crippen LogP contribution in [0.2, 0.25) is 15.1 Å². The van der Waals surface area contributed by atoms with Crippen LogP contribution in [0.15, 0.2) is 72.9 Å². The number of hydrogen-bond donors (Lipinski definition) is 1. The summed E-state index contributed by atoms with van der Waals surface area (Å²) in [4.78, 5) is 21.7. The molecule has 0 atom stereocenters. The Hall–Kier alpha value is -2.92. The molecule has 1 N–H and O–H groups in total. The Morgan fingerprint density at radius 3 is 2.27 bits per heavy atom. The van der Waals surface area contributed by atoms with Crippen LogP contribution in [0.25, 0.3) is 22.4 Å². The molecule has 7 heteroatoms. The molecule has 0 unspecified atom stereocenters. The Bertz CT molecular complexity index is 1290. The zero-order valence-corrected chi connectivity index (χ0v) is 20.0. The van der Waals surface area contributed by atoms with Gasteiger partial charge in [0, 0.05) is 33.9 Å². The van der Waals surface area contributed by atoms with Crippen LogP contribution in [0.3, 0.4) is 0 Å². The first-order valence-electron chi connectivity index (χ1n) is 10.3. The Balaban J connectivity index is 1.63. The van der Waals surface area contributed by atoms with Crippen LogP contribution in [0.5, 0.6) is 0 Å². The van der Waals surface area contributed by atoms with Gasteiger partial charge < -0.3 is 5.32 Å². The molecule has 1 amide bonds. The minimum Gasteiger partial charge on any atom is -0.349 e. The number of rotatable bonds is 6. The lowest BCUT2D eigenvalue weighted by Crippen LogP contribution is -2.27. The van der Waals surface area contributed by atoms with Gasteiger partial charge in [0.2, 0.25) is 5.82 Å². The first kappa shape index (κ1) is 23.2. The second-order valence-electron chi connectivity index (χ2n) is 7.58. The van der Waals surface area contributed by atoms with Crippen molar-refractivity contribution < 1.29 is 4.79 Å². The van der Waals surface area contributed by atoms with Crippen molar-refractivity contribution in [3.63, 3.8) is 0 Å². The highest BCUT2D eigenvalue weighted by atomic mass is 35.5. The summed E-state index contributed by atoms with van der Waals surface area (Å²) in [6.07, 6.45) is 2.34.